The number of nitrogens with one attached hydrogen (secondary N) is 2. The predicted molar refractivity (Wildman–Crippen MR) is 119 cm³/mol. The number of H-pyrrole nitrogens is 1. The summed E-state index contributed by atoms with van der Waals surface area (Å²) in [4.78, 5) is 13.2. The number of amides is 1. The monoisotopic (exact) mass is 559 g/mol. The number of carbonyl (C=O) groups is 1. The van der Waals surface area contributed by atoms with E-state index in [-0.39, 0.29) is 34.5 Å². The van der Waals surface area contributed by atoms with Crippen LogP contribution in [0.4, 0.5) is 30.7 Å². The lowest BCUT2D eigenvalue weighted by molar-refractivity contribution is -0.202. The van der Waals surface area contributed by atoms with Crippen molar-refractivity contribution in [2.75, 3.05) is 6.61 Å². The number of halogens is 7. The van der Waals surface area contributed by atoms with Crippen molar-refractivity contribution in [3.05, 3.63) is 53.4 Å². The zero-order valence-electron chi connectivity index (χ0n) is 19.9. The van der Waals surface area contributed by atoms with Gasteiger partial charge < -0.3 is 10.1 Å². The molecule has 1 atom stereocenters. The summed E-state index contributed by atoms with van der Waals surface area (Å²) in [6, 6.07) is 4.00. The molecule has 1 aromatic carbocycles. The fourth-order valence-electron chi connectivity index (χ4n) is 4.44. The number of ether oxygens (including phenoxy) is 1. The highest BCUT2D eigenvalue weighted by atomic mass is 19.4. The van der Waals surface area contributed by atoms with Crippen LogP contribution >= 0.6 is 0 Å². The summed E-state index contributed by atoms with van der Waals surface area (Å²) in [7, 11) is 0. The van der Waals surface area contributed by atoms with E-state index in [0.717, 1.165) is 25.0 Å². The summed E-state index contributed by atoms with van der Waals surface area (Å²) in [6.07, 6.45) is -8.82. The minimum atomic E-state index is -5.19. The number of carbonyl (C=O) groups excluding carboxylic acids is 1. The Morgan fingerprint density at radius 3 is 2.51 bits per heavy atom. The van der Waals surface area contributed by atoms with E-state index in [0.29, 0.717) is 6.07 Å². The molecule has 1 amide bonds. The molecule has 2 aliphatic rings. The van der Waals surface area contributed by atoms with E-state index in [4.69, 9.17) is 4.74 Å². The van der Waals surface area contributed by atoms with Gasteiger partial charge in [0, 0.05) is 30.7 Å². The Morgan fingerprint density at radius 2 is 1.90 bits per heavy atom. The second-order valence-corrected chi connectivity index (χ2v) is 9.24. The van der Waals surface area contributed by atoms with Crippen LogP contribution in [0.15, 0.2) is 30.5 Å². The standard InChI is InChI=1S/C23H20F7N7O2/c24-16-10-13(39-9-1-7-22(25,26)27)4-5-15(16)21(23(28,29)30)11-14(17-6-8-37(34-17)12-2-3-12)18(20(38)31-21)19-32-35-36-33-19/h4-6,8,10,12H,1-3,7,9,11H2,(H,31,38)(H,32,33,35,36)/t21-/m0/s1. The van der Waals surface area contributed by atoms with Crippen molar-refractivity contribution < 1.29 is 40.3 Å². The van der Waals surface area contributed by atoms with Crippen LogP contribution in [0.2, 0.25) is 0 Å². The molecule has 3 aromatic rings. The van der Waals surface area contributed by atoms with E-state index in [2.05, 4.69) is 25.7 Å². The molecule has 0 radical (unpaired) electrons. The fraction of sp³-hybridized carbons (Fsp3) is 0.435. The number of tetrazole rings is 1. The molecule has 2 N–H and O–H groups in total. The number of hydrogen-bond donors (Lipinski definition) is 2. The topological polar surface area (TPSA) is 111 Å². The van der Waals surface area contributed by atoms with Crippen LogP contribution < -0.4 is 10.1 Å². The van der Waals surface area contributed by atoms with Crippen LogP contribution in [0.5, 0.6) is 5.75 Å². The summed E-state index contributed by atoms with van der Waals surface area (Å²) >= 11 is 0. The van der Waals surface area contributed by atoms with Crippen LogP contribution in [0.1, 0.15) is 55.2 Å². The largest absolute Gasteiger partial charge is 0.493 e. The van der Waals surface area contributed by atoms with Crippen LogP contribution in [0.25, 0.3) is 11.1 Å². The van der Waals surface area contributed by atoms with E-state index in [1.807, 2.05) is 5.32 Å². The maximum Gasteiger partial charge on any atom is 0.416 e. The Labute approximate surface area is 215 Å². The minimum absolute atomic E-state index is 0.0650. The second kappa shape index (κ2) is 9.64. The van der Waals surface area contributed by atoms with Crippen molar-refractivity contribution in [3.63, 3.8) is 0 Å². The van der Waals surface area contributed by atoms with Gasteiger partial charge in [0.2, 0.25) is 5.82 Å². The lowest BCUT2D eigenvalue weighted by Gasteiger charge is -2.41. The maximum atomic E-state index is 15.3. The van der Waals surface area contributed by atoms with Crippen LogP contribution in [0, 0.1) is 5.82 Å². The van der Waals surface area contributed by atoms with Gasteiger partial charge in [-0.05, 0) is 48.2 Å². The average molecular weight is 559 g/mol. The smallest absolute Gasteiger partial charge is 0.416 e. The molecule has 0 saturated heterocycles. The molecule has 1 saturated carbocycles. The zero-order chi connectivity index (χ0) is 28.0. The lowest BCUT2D eigenvalue weighted by Crippen LogP contribution is -2.59. The molecule has 9 nitrogen and oxygen atoms in total. The third-order valence-corrected chi connectivity index (χ3v) is 6.46. The summed E-state index contributed by atoms with van der Waals surface area (Å²) < 4.78 is 103. The van der Waals surface area contributed by atoms with Gasteiger partial charge >= 0.3 is 12.4 Å². The molecule has 0 spiro atoms. The van der Waals surface area contributed by atoms with Crippen molar-refractivity contribution in [1.82, 2.24) is 35.7 Å². The van der Waals surface area contributed by atoms with Gasteiger partial charge in [0.25, 0.3) is 5.91 Å². The molecule has 1 aliphatic carbocycles. The Morgan fingerprint density at radius 1 is 1.13 bits per heavy atom. The number of benzene rings is 1. The van der Waals surface area contributed by atoms with Crippen molar-refractivity contribution in [3.8, 4) is 5.75 Å². The fourth-order valence-corrected chi connectivity index (χ4v) is 4.44. The Bertz CT molecular complexity index is 1390. The van der Waals surface area contributed by atoms with Crippen molar-refractivity contribution in [2.45, 2.75) is 56.0 Å². The van der Waals surface area contributed by atoms with Gasteiger partial charge in [-0.25, -0.2) is 4.39 Å². The first-order valence-corrected chi connectivity index (χ1v) is 11.8. The highest BCUT2D eigenvalue weighted by Gasteiger charge is 2.61. The summed E-state index contributed by atoms with van der Waals surface area (Å²) in [5.74, 6) is -3.11. The van der Waals surface area contributed by atoms with Gasteiger partial charge in [-0.2, -0.15) is 36.7 Å². The molecule has 208 valence electrons. The third kappa shape index (κ3) is 5.31. The van der Waals surface area contributed by atoms with E-state index in [1.54, 1.807) is 10.9 Å². The normalized spacial score (nSPS) is 20.3. The average Bonchev–Trinajstić information content (AvgIpc) is 3.33. The summed E-state index contributed by atoms with van der Waals surface area (Å²) in [5.41, 5.74) is -4.51. The SMILES string of the molecule is O=C1N[C@@](c2ccc(OCCCC(F)(F)F)cc2F)(C(F)(F)F)CC(c2ccn(C3CC3)n2)=C1c1nn[nH]n1. The van der Waals surface area contributed by atoms with Crippen LogP contribution in [-0.2, 0) is 10.3 Å². The minimum Gasteiger partial charge on any atom is -0.493 e. The zero-order valence-corrected chi connectivity index (χ0v) is 19.9. The molecule has 5 rings (SSSR count). The molecule has 0 bridgehead atoms. The second-order valence-electron chi connectivity index (χ2n) is 9.24. The van der Waals surface area contributed by atoms with Gasteiger partial charge in [-0.15, -0.1) is 10.2 Å². The molecule has 39 heavy (non-hydrogen) atoms. The maximum absolute atomic E-state index is 15.3. The molecule has 16 heteroatoms. The van der Waals surface area contributed by atoms with Crippen molar-refractivity contribution >= 4 is 17.1 Å². The van der Waals surface area contributed by atoms with Gasteiger partial charge in [0.1, 0.15) is 11.6 Å². The molecule has 3 heterocycles. The first-order chi connectivity index (χ1) is 18.4. The van der Waals surface area contributed by atoms with Crippen molar-refractivity contribution in [1.29, 1.82) is 0 Å². The molecular weight excluding hydrogens is 539 g/mol. The highest BCUT2D eigenvalue weighted by molar-refractivity contribution is 6.27. The quantitative estimate of drug-likeness (QED) is 0.311. The van der Waals surface area contributed by atoms with Crippen LogP contribution in [0.3, 0.4) is 0 Å². The van der Waals surface area contributed by atoms with Gasteiger partial charge in [0.15, 0.2) is 5.54 Å². The van der Waals surface area contributed by atoms with Crippen molar-refractivity contribution in [2.24, 2.45) is 0 Å². The third-order valence-electron chi connectivity index (χ3n) is 6.46. The summed E-state index contributed by atoms with van der Waals surface area (Å²) in [6.45, 7) is -0.427. The lowest BCUT2D eigenvalue weighted by atomic mass is 9.77. The van der Waals surface area contributed by atoms with Crippen LogP contribution in [-0.4, -0.2) is 55.3 Å². The van der Waals surface area contributed by atoms with E-state index < -0.39 is 61.0 Å². The number of rotatable bonds is 8. The Kier molecular flexibility index (Phi) is 6.58. The molecule has 0 unspecified atom stereocenters. The predicted octanol–water partition coefficient (Wildman–Crippen LogP) is 4.48. The number of hydrogen-bond acceptors (Lipinski definition) is 6. The van der Waals surface area contributed by atoms with Gasteiger partial charge in [0.05, 0.1) is 23.9 Å². The number of aromatic amines is 1. The first-order valence-electron chi connectivity index (χ1n) is 11.8. The Balaban J connectivity index is 1.53. The van der Waals surface area contributed by atoms with Gasteiger partial charge in [-0.3, -0.25) is 9.48 Å². The summed E-state index contributed by atoms with van der Waals surface area (Å²) in [5, 5.41) is 19.3. The first kappa shape index (κ1) is 26.6. The number of nitrogens with zero attached hydrogens (tertiary/aromatic N) is 5. The number of alkyl halides is 6. The molecule has 2 aromatic heterocycles. The van der Waals surface area contributed by atoms with E-state index >= 15 is 4.39 Å². The Hall–Kier alpha value is -3.98. The highest BCUT2D eigenvalue weighted by Crippen LogP contribution is 2.50. The molecule has 1 fully saturated rings. The van der Waals surface area contributed by atoms with Gasteiger partial charge in [-0.1, -0.05) is 0 Å². The van der Waals surface area contributed by atoms with E-state index in [1.165, 1.54) is 6.07 Å². The number of aromatic nitrogens is 6. The van der Waals surface area contributed by atoms with E-state index in [9.17, 15) is 31.1 Å². The molecule has 1 aliphatic heterocycles. The molecular formula is C23H20F7N7O2.